The summed E-state index contributed by atoms with van der Waals surface area (Å²) >= 11 is 5.67. The first-order chi connectivity index (χ1) is 6.75. The fourth-order valence-corrected chi connectivity index (χ4v) is 1.73. The van der Waals surface area contributed by atoms with Crippen molar-refractivity contribution in [3.63, 3.8) is 0 Å². The third kappa shape index (κ3) is 2.13. The van der Waals surface area contributed by atoms with Crippen LogP contribution in [0.25, 0.3) is 0 Å². The number of hydrogen-bond donors (Lipinski definition) is 1. The number of H-pyrrole nitrogens is 1. The van der Waals surface area contributed by atoms with E-state index in [1.165, 1.54) is 0 Å². The fourth-order valence-electron chi connectivity index (χ4n) is 1.56. The SMILES string of the molecule is O=c1[nH]nc(CC2CCCO2)cc1Cl. The molecule has 0 aliphatic carbocycles. The minimum Gasteiger partial charge on any atom is -0.378 e. The molecule has 1 atom stereocenters. The van der Waals surface area contributed by atoms with Crippen LogP contribution in [0.1, 0.15) is 18.5 Å². The van der Waals surface area contributed by atoms with Gasteiger partial charge in [-0.05, 0) is 18.9 Å². The van der Waals surface area contributed by atoms with Crippen molar-refractivity contribution in [2.24, 2.45) is 0 Å². The highest BCUT2D eigenvalue weighted by atomic mass is 35.5. The molecule has 76 valence electrons. The molecule has 0 aromatic carbocycles. The Morgan fingerprint density at radius 3 is 3.21 bits per heavy atom. The molecule has 5 heteroatoms. The van der Waals surface area contributed by atoms with Crippen LogP contribution in [-0.2, 0) is 11.2 Å². The van der Waals surface area contributed by atoms with Gasteiger partial charge in [-0.25, -0.2) is 5.10 Å². The summed E-state index contributed by atoms with van der Waals surface area (Å²) in [6, 6.07) is 1.60. The first-order valence-corrected chi connectivity index (χ1v) is 4.99. The standard InChI is InChI=1S/C9H11ClN2O2/c10-8-5-6(11-12-9(8)13)4-7-2-1-3-14-7/h5,7H,1-4H2,(H,12,13). The molecule has 2 rings (SSSR count). The molecule has 1 N–H and O–H groups in total. The predicted octanol–water partition coefficient (Wildman–Crippen LogP) is 1.14. The van der Waals surface area contributed by atoms with Gasteiger partial charge >= 0.3 is 0 Å². The van der Waals surface area contributed by atoms with Crippen molar-refractivity contribution in [2.45, 2.75) is 25.4 Å². The van der Waals surface area contributed by atoms with Gasteiger partial charge in [0.2, 0.25) is 0 Å². The largest absolute Gasteiger partial charge is 0.378 e. The highest BCUT2D eigenvalue weighted by Gasteiger charge is 2.16. The molecule has 1 aliphatic rings. The molecule has 0 spiro atoms. The van der Waals surface area contributed by atoms with Crippen LogP contribution in [-0.4, -0.2) is 22.9 Å². The van der Waals surface area contributed by atoms with Crippen molar-refractivity contribution in [1.82, 2.24) is 10.2 Å². The van der Waals surface area contributed by atoms with Crippen LogP contribution < -0.4 is 5.56 Å². The lowest BCUT2D eigenvalue weighted by Crippen LogP contribution is -2.15. The van der Waals surface area contributed by atoms with Gasteiger partial charge in [-0.3, -0.25) is 4.79 Å². The summed E-state index contributed by atoms with van der Waals surface area (Å²) in [5, 5.41) is 6.44. The van der Waals surface area contributed by atoms with E-state index in [0.29, 0.717) is 0 Å². The lowest BCUT2D eigenvalue weighted by atomic mass is 10.1. The molecule has 1 unspecified atom stereocenters. The second-order valence-corrected chi connectivity index (χ2v) is 3.78. The average molecular weight is 215 g/mol. The summed E-state index contributed by atoms with van der Waals surface area (Å²) < 4.78 is 5.45. The quantitative estimate of drug-likeness (QED) is 0.804. The van der Waals surface area contributed by atoms with Gasteiger partial charge in [0.15, 0.2) is 0 Å². The van der Waals surface area contributed by atoms with Crippen molar-refractivity contribution in [3.8, 4) is 0 Å². The van der Waals surface area contributed by atoms with Crippen LogP contribution in [0.2, 0.25) is 5.02 Å². The Balaban J connectivity index is 2.09. The van der Waals surface area contributed by atoms with E-state index in [1.54, 1.807) is 6.07 Å². The monoisotopic (exact) mass is 214 g/mol. The highest BCUT2D eigenvalue weighted by molar-refractivity contribution is 6.30. The lowest BCUT2D eigenvalue weighted by molar-refractivity contribution is 0.110. The number of nitrogens with one attached hydrogen (secondary N) is 1. The van der Waals surface area contributed by atoms with Crippen LogP contribution in [0.4, 0.5) is 0 Å². The van der Waals surface area contributed by atoms with Gasteiger partial charge in [0.25, 0.3) is 5.56 Å². The number of ether oxygens (including phenoxy) is 1. The molecule has 0 bridgehead atoms. The van der Waals surface area contributed by atoms with Gasteiger partial charge in [0.05, 0.1) is 11.8 Å². The molecular weight excluding hydrogens is 204 g/mol. The third-order valence-electron chi connectivity index (χ3n) is 2.27. The van der Waals surface area contributed by atoms with Crippen LogP contribution in [0.5, 0.6) is 0 Å². The molecule has 1 aliphatic heterocycles. The van der Waals surface area contributed by atoms with Crippen LogP contribution in [0, 0.1) is 0 Å². The van der Waals surface area contributed by atoms with Crippen LogP contribution >= 0.6 is 11.6 Å². The first kappa shape index (κ1) is 9.68. The Morgan fingerprint density at radius 2 is 2.57 bits per heavy atom. The highest BCUT2D eigenvalue weighted by Crippen LogP contribution is 2.16. The Labute approximate surface area is 86.2 Å². The van der Waals surface area contributed by atoms with Crippen molar-refractivity contribution < 1.29 is 4.74 Å². The fraction of sp³-hybridized carbons (Fsp3) is 0.556. The van der Waals surface area contributed by atoms with E-state index in [0.717, 1.165) is 31.6 Å². The zero-order valence-electron chi connectivity index (χ0n) is 7.62. The number of aromatic amines is 1. The molecule has 1 fully saturated rings. The zero-order valence-corrected chi connectivity index (χ0v) is 8.38. The van der Waals surface area contributed by atoms with Crippen molar-refractivity contribution in [3.05, 3.63) is 27.1 Å². The predicted molar refractivity (Wildman–Crippen MR) is 52.5 cm³/mol. The number of hydrogen-bond acceptors (Lipinski definition) is 3. The van der Waals surface area contributed by atoms with E-state index in [-0.39, 0.29) is 16.7 Å². The maximum atomic E-state index is 10.9. The molecule has 1 saturated heterocycles. The minimum atomic E-state index is -0.345. The zero-order chi connectivity index (χ0) is 9.97. The summed E-state index contributed by atoms with van der Waals surface area (Å²) in [7, 11) is 0. The molecular formula is C9H11ClN2O2. The number of halogens is 1. The first-order valence-electron chi connectivity index (χ1n) is 4.61. The van der Waals surface area contributed by atoms with Crippen LogP contribution in [0.3, 0.4) is 0 Å². The average Bonchev–Trinajstić information content (AvgIpc) is 2.64. The lowest BCUT2D eigenvalue weighted by Gasteiger charge is -2.07. The summed E-state index contributed by atoms with van der Waals surface area (Å²) in [5.41, 5.74) is 0.434. The van der Waals surface area contributed by atoms with E-state index < -0.39 is 0 Å². The van der Waals surface area contributed by atoms with Gasteiger partial charge in [-0.15, -0.1) is 0 Å². The topological polar surface area (TPSA) is 55.0 Å². The second kappa shape index (κ2) is 4.11. The normalized spacial score (nSPS) is 21.4. The van der Waals surface area contributed by atoms with Crippen molar-refractivity contribution in [1.29, 1.82) is 0 Å². The van der Waals surface area contributed by atoms with E-state index in [9.17, 15) is 4.79 Å². The molecule has 2 heterocycles. The summed E-state index contributed by atoms with van der Waals surface area (Å²) in [4.78, 5) is 10.9. The van der Waals surface area contributed by atoms with Gasteiger partial charge < -0.3 is 4.74 Å². The van der Waals surface area contributed by atoms with Gasteiger partial charge in [0.1, 0.15) is 5.02 Å². The molecule has 1 aromatic rings. The molecule has 14 heavy (non-hydrogen) atoms. The number of aromatic nitrogens is 2. The minimum absolute atomic E-state index is 0.188. The molecule has 0 saturated carbocycles. The maximum Gasteiger partial charge on any atom is 0.282 e. The molecule has 0 radical (unpaired) electrons. The van der Waals surface area contributed by atoms with Gasteiger partial charge in [-0.1, -0.05) is 11.6 Å². The number of nitrogens with zero attached hydrogens (tertiary/aromatic N) is 1. The van der Waals surface area contributed by atoms with E-state index in [2.05, 4.69) is 10.2 Å². The summed E-state index contributed by atoms with van der Waals surface area (Å²) in [6.45, 7) is 0.821. The van der Waals surface area contributed by atoms with Crippen LogP contribution in [0.15, 0.2) is 10.9 Å². The Bertz CT molecular complexity index is 371. The molecule has 4 nitrogen and oxygen atoms in total. The smallest absolute Gasteiger partial charge is 0.282 e. The molecule has 0 amide bonds. The Kier molecular flexibility index (Phi) is 2.84. The summed E-state index contributed by atoms with van der Waals surface area (Å²) in [6.07, 6.45) is 3.10. The molecule has 1 aromatic heterocycles. The van der Waals surface area contributed by atoms with Gasteiger partial charge in [0, 0.05) is 13.0 Å². The summed E-state index contributed by atoms with van der Waals surface area (Å²) in [5.74, 6) is 0. The number of rotatable bonds is 2. The Hall–Kier alpha value is -0.870. The van der Waals surface area contributed by atoms with E-state index >= 15 is 0 Å². The van der Waals surface area contributed by atoms with Crippen molar-refractivity contribution >= 4 is 11.6 Å². The third-order valence-corrected chi connectivity index (χ3v) is 2.55. The van der Waals surface area contributed by atoms with Gasteiger partial charge in [-0.2, -0.15) is 5.10 Å². The second-order valence-electron chi connectivity index (χ2n) is 3.38. The van der Waals surface area contributed by atoms with Crippen molar-refractivity contribution in [2.75, 3.05) is 6.61 Å². The van der Waals surface area contributed by atoms with E-state index in [1.807, 2.05) is 0 Å². The Morgan fingerprint density at radius 1 is 1.71 bits per heavy atom. The maximum absolute atomic E-state index is 10.9. The van der Waals surface area contributed by atoms with E-state index in [4.69, 9.17) is 16.3 Å².